The zero-order valence-electron chi connectivity index (χ0n) is 12.7. The summed E-state index contributed by atoms with van der Waals surface area (Å²) >= 11 is 5.82. The lowest BCUT2D eigenvalue weighted by molar-refractivity contribution is -0.385. The minimum atomic E-state index is -0.581. The van der Waals surface area contributed by atoms with Crippen LogP contribution in [0.1, 0.15) is 30.1 Å². The van der Waals surface area contributed by atoms with Gasteiger partial charge in [0.25, 0.3) is 11.6 Å². The topological polar surface area (TPSA) is 63.5 Å². The molecular formula is C17H17ClN2O3. The lowest BCUT2D eigenvalue weighted by Gasteiger charge is -2.22. The van der Waals surface area contributed by atoms with Gasteiger partial charge in [0, 0.05) is 23.3 Å². The highest BCUT2D eigenvalue weighted by atomic mass is 35.5. The third-order valence-corrected chi connectivity index (χ3v) is 3.67. The molecule has 0 aliphatic carbocycles. The normalized spacial score (nSPS) is 10.3. The summed E-state index contributed by atoms with van der Waals surface area (Å²) in [6.07, 6.45) is 1.72. The molecule has 6 heteroatoms. The molecule has 2 aromatic rings. The van der Waals surface area contributed by atoms with Gasteiger partial charge in [-0.2, -0.15) is 0 Å². The summed E-state index contributed by atoms with van der Waals surface area (Å²) in [5, 5.41) is 11.5. The van der Waals surface area contributed by atoms with Gasteiger partial charge >= 0.3 is 0 Å². The zero-order valence-corrected chi connectivity index (χ0v) is 13.5. The summed E-state index contributed by atoms with van der Waals surface area (Å²) in [7, 11) is 0. The first-order chi connectivity index (χ1) is 11.0. The van der Waals surface area contributed by atoms with Crippen molar-refractivity contribution in [1.29, 1.82) is 0 Å². The van der Waals surface area contributed by atoms with E-state index in [0.717, 1.165) is 18.5 Å². The van der Waals surface area contributed by atoms with Crippen LogP contribution in [0.15, 0.2) is 48.5 Å². The van der Waals surface area contributed by atoms with Gasteiger partial charge in [0.05, 0.1) is 4.92 Å². The Labute approximate surface area is 139 Å². The van der Waals surface area contributed by atoms with E-state index in [4.69, 9.17) is 11.6 Å². The number of rotatable bonds is 6. The van der Waals surface area contributed by atoms with E-state index in [9.17, 15) is 14.9 Å². The van der Waals surface area contributed by atoms with E-state index in [-0.39, 0.29) is 16.3 Å². The molecule has 1 amide bonds. The molecule has 0 N–H and O–H groups in total. The number of carbonyl (C=O) groups is 1. The Morgan fingerprint density at radius 2 is 1.91 bits per heavy atom. The average molecular weight is 333 g/mol. The number of amides is 1. The van der Waals surface area contributed by atoms with Crippen molar-refractivity contribution in [2.24, 2.45) is 0 Å². The van der Waals surface area contributed by atoms with Gasteiger partial charge in [0.1, 0.15) is 5.56 Å². The Morgan fingerprint density at radius 1 is 1.22 bits per heavy atom. The molecule has 23 heavy (non-hydrogen) atoms. The maximum atomic E-state index is 12.9. The number of nitro groups is 1. The van der Waals surface area contributed by atoms with Crippen LogP contribution in [-0.2, 0) is 0 Å². The quantitative estimate of drug-likeness (QED) is 0.569. The second-order valence-electron chi connectivity index (χ2n) is 5.06. The number of para-hydroxylation sites is 1. The Hall–Kier alpha value is -2.40. The third kappa shape index (κ3) is 4.07. The fourth-order valence-electron chi connectivity index (χ4n) is 2.25. The minimum Gasteiger partial charge on any atom is -0.308 e. The highest BCUT2D eigenvalue weighted by molar-refractivity contribution is 6.31. The molecule has 0 fully saturated rings. The van der Waals surface area contributed by atoms with Crippen molar-refractivity contribution in [3.63, 3.8) is 0 Å². The minimum absolute atomic E-state index is 0.0411. The lowest BCUT2D eigenvalue weighted by Crippen LogP contribution is -2.32. The number of nitro benzene ring substituents is 1. The summed E-state index contributed by atoms with van der Waals surface area (Å²) in [6, 6.07) is 13.3. The summed E-state index contributed by atoms with van der Waals surface area (Å²) in [5.41, 5.74) is 0.481. The predicted octanol–water partition coefficient (Wildman–Crippen LogP) is 4.70. The van der Waals surface area contributed by atoms with Gasteiger partial charge in [0.2, 0.25) is 0 Å². The van der Waals surface area contributed by atoms with E-state index in [0.29, 0.717) is 6.54 Å². The van der Waals surface area contributed by atoms with Gasteiger partial charge in [-0.15, -0.1) is 0 Å². The average Bonchev–Trinajstić information content (AvgIpc) is 2.55. The van der Waals surface area contributed by atoms with Crippen LogP contribution in [0, 0.1) is 10.1 Å². The Kier molecular flexibility index (Phi) is 5.71. The van der Waals surface area contributed by atoms with Crippen LogP contribution < -0.4 is 4.90 Å². The summed E-state index contributed by atoms with van der Waals surface area (Å²) in [5.74, 6) is -0.395. The number of benzene rings is 2. The first-order valence-electron chi connectivity index (χ1n) is 7.35. The first kappa shape index (κ1) is 17.0. The number of nitrogens with zero attached hydrogens (tertiary/aromatic N) is 2. The smallest absolute Gasteiger partial charge is 0.283 e. The van der Waals surface area contributed by atoms with Gasteiger partial charge < -0.3 is 4.90 Å². The molecule has 0 spiro atoms. The van der Waals surface area contributed by atoms with E-state index in [1.54, 1.807) is 4.90 Å². The van der Waals surface area contributed by atoms with Crippen molar-refractivity contribution >= 4 is 28.9 Å². The van der Waals surface area contributed by atoms with Crippen LogP contribution in [0.5, 0.6) is 0 Å². The van der Waals surface area contributed by atoms with Crippen molar-refractivity contribution in [2.75, 3.05) is 11.4 Å². The van der Waals surface area contributed by atoms with Gasteiger partial charge in [-0.25, -0.2) is 0 Å². The molecule has 0 aromatic heterocycles. The monoisotopic (exact) mass is 332 g/mol. The summed E-state index contributed by atoms with van der Waals surface area (Å²) in [4.78, 5) is 25.1. The number of hydrogen-bond donors (Lipinski definition) is 0. The van der Waals surface area contributed by atoms with Crippen LogP contribution in [-0.4, -0.2) is 17.4 Å². The molecule has 2 rings (SSSR count). The standard InChI is InChI=1S/C17H17ClN2O3/c1-2-3-11-19(14-7-5-4-6-8-14)17(21)15-10-9-13(18)12-16(15)20(22)23/h4-10,12H,2-3,11H2,1H3. The third-order valence-electron chi connectivity index (χ3n) is 3.44. The van der Waals surface area contributed by atoms with Gasteiger partial charge in [0.15, 0.2) is 0 Å². The summed E-state index contributed by atoms with van der Waals surface area (Å²) in [6.45, 7) is 2.53. The fourth-order valence-corrected chi connectivity index (χ4v) is 2.42. The van der Waals surface area contributed by atoms with E-state index < -0.39 is 10.8 Å². The van der Waals surface area contributed by atoms with Crippen molar-refractivity contribution in [3.05, 3.63) is 69.2 Å². The molecule has 2 aromatic carbocycles. The number of anilines is 1. The Balaban J connectivity index is 2.44. The largest absolute Gasteiger partial charge is 0.308 e. The second kappa shape index (κ2) is 7.74. The maximum Gasteiger partial charge on any atom is 0.283 e. The predicted molar refractivity (Wildman–Crippen MR) is 91.1 cm³/mol. The van der Waals surface area contributed by atoms with Gasteiger partial charge in [-0.05, 0) is 30.7 Å². The fraction of sp³-hybridized carbons (Fsp3) is 0.235. The van der Waals surface area contributed by atoms with Crippen LogP contribution in [0.25, 0.3) is 0 Å². The van der Waals surface area contributed by atoms with Gasteiger partial charge in [-0.1, -0.05) is 43.1 Å². The molecule has 120 valence electrons. The lowest BCUT2D eigenvalue weighted by atomic mass is 10.1. The molecule has 0 heterocycles. The van der Waals surface area contributed by atoms with Crippen molar-refractivity contribution in [1.82, 2.24) is 0 Å². The van der Waals surface area contributed by atoms with Crippen LogP contribution >= 0.6 is 11.6 Å². The van der Waals surface area contributed by atoms with E-state index in [1.807, 2.05) is 37.3 Å². The SMILES string of the molecule is CCCCN(C(=O)c1ccc(Cl)cc1[N+](=O)[O-])c1ccccc1. The number of carbonyl (C=O) groups excluding carboxylic acids is 1. The van der Waals surface area contributed by atoms with E-state index in [1.165, 1.54) is 18.2 Å². The number of halogens is 1. The Morgan fingerprint density at radius 3 is 2.52 bits per heavy atom. The molecule has 0 bridgehead atoms. The van der Waals surface area contributed by atoms with Crippen molar-refractivity contribution in [3.8, 4) is 0 Å². The molecule has 0 radical (unpaired) electrons. The highest BCUT2D eigenvalue weighted by Gasteiger charge is 2.25. The van der Waals surface area contributed by atoms with E-state index >= 15 is 0 Å². The van der Waals surface area contributed by atoms with Crippen molar-refractivity contribution < 1.29 is 9.72 Å². The second-order valence-corrected chi connectivity index (χ2v) is 5.50. The maximum absolute atomic E-state index is 12.9. The van der Waals surface area contributed by atoms with Crippen LogP contribution in [0.2, 0.25) is 5.02 Å². The van der Waals surface area contributed by atoms with Crippen molar-refractivity contribution in [2.45, 2.75) is 19.8 Å². The molecule has 0 aliphatic heterocycles. The molecule has 0 saturated heterocycles. The Bertz CT molecular complexity index is 704. The molecule has 0 aliphatic rings. The van der Waals surface area contributed by atoms with Crippen LogP contribution in [0.3, 0.4) is 0 Å². The summed E-state index contributed by atoms with van der Waals surface area (Å²) < 4.78 is 0. The number of unbranched alkanes of at least 4 members (excludes halogenated alkanes) is 1. The van der Waals surface area contributed by atoms with Gasteiger partial charge in [-0.3, -0.25) is 14.9 Å². The molecule has 0 saturated carbocycles. The first-order valence-corrected chi connectivity index (χ1v) is 7.73. The van der Waals surface area contributed by atoms with E-state index in [2.05, 4.69) is 0 Å². The van der Waals surface area contributed by atoms with Crippen LogP contribution in [0.4, 0.5) is 11.4 Å². The highest BCUT2D eigenvalue weighted by Crippen LogP contribution is 2.26. The molecular weight excluding hydrogens is 316 g/mol. The number of hydrogen-bond acceptors (Lipinski definition) is 3. The molecule has 0 unspecified atom stereocenters. The zero-order chi connectivity index (χ0) is 16.8. The molecule has 5 nitrogen and oxygen atoms in total. The molecule has 0 atom stereocenters.